The fraction of sp³-hybridized carbons (Fsp3) is 0.400. The van der Waals surface area contributed by atoms with Crippen LogP contribution in [0, 0.1) is 0 Å². The van der Waals surface area contributed by atoms with E-state index in [0.717, 1.165) is 4.47 Å². The van der Waals surface area contributed by atoms with Crippen molar-refractivity contribution in [1.82, 2.24) is 9.88 Å². The minimum Gasteiger partial charge on any atom is -0.467 e. The van der Waals surface area contributed by atoms with Gasteiger partial charge in [0.2, 0.25) is 0 Å². The Hall–Kier alpha value is -1.34. The van der Waals surface area contributed by atoms with Crippen LogP contribution in [0.5, 0.6) is 0 Å². The molecular formula is C10H13BrN2O4. The number of nitrogens with zero attached hydrogens (tertiary/aromatic N) is 1. The number of aliphatic hydroxyl groups excluding tert-OH is 1. The number of hydrogen-bond acceptors (Lipinski definition) is 4. The molecule has 0 radical (unpaired) electrons. The lowest BCUT2D eigenvalue weighted by molar-refractivity contribution is -0.143. The first-order valence-corrected chi connectivity index (χ1v) is 5.60. The fourth-order valence-corrected chi connectivity index (χ4v) is 1.83. The second-order valence-corrected chi connectivity index (χ2v) is 4.30. The zero-order chi connectivity index (χ0) is 13.0. The summed E-state index contributed by atoms with van der Waals surface area (Å²) in [5.74, 6) is -1.14. The third kappa shape index (κ3) is 3.31. The first-order chi connectivity index (χ1) is 7.99. The Morgan fingerprint density at radius 2 is 2.29 bits per heavy atom. The lowest BCUT2D eigenvalue weighted by atomic mass is 10.3. The number of esters is 1. The molecule has 0 aliphatic heterocycles. The van der Waals surface area contributed by atoms with Gasteiger partial charge < -0.3 is 19.7 Å². The van der Waals surface area contributed by atoms with Crippen molar-refractivity contribution < 1.29 is 19.4 Å². The predicted octanol–water partition coefficient (Wildman–Crippen LogP) is 0.0513. The van der Waals surface area contributed by atoms with E-state index in [4.69, 9.17) is 5.11 Å². The molecule has 1 rings (SSSR count). The Balaban J connectivity index is 2.78. The number of nitrogens with one attached hydrogen (secondary N) is 1. The minimum absolute atomic E-state index is 0.374. The molecule has 17 heavy (non-hydrogen) atoms. The van der Waals surface area contributed by atoms with E-state index in [2.05, 4.69) is 26.0 Å². The summed E-state index contributed by atoms with van der Waals surface area (Å²) < 4.78 is 6.80. The van der Waals surface area contributed by atoms with Gasteiger partial charge in [0.1, 0.15) is 5.69 Å². The Bertz CT molecular complexity index is 430. The Labute approximate surface area is 107 Å². The van der Waals surface area contributed by atoms with Crippen LogP contribution in [0.4, 0.5) is 0 Å². The van der Waals surface area contributed by atoms with Gasteiger partial charge in [-0.25, -0.2) is 4.79 Å². The zero-order valence-corrected chi connectivity index (χ0v) is 11.0. The number of carbonyl (C=O) groups excluding carboxylic acids is 2. The molecule has 0 spiro atoms. The Morgan fingerprint density at radius 1 is 1.65 bits per heavy atom. The van der Waals surface area contributed by atoms with Gasteiger partial charge in [0.25, 0.3) is 5.91 Å². The van der Waals surface area contributed by atoms with E-state index in [1.54, 1.807) is 23.9 Å². The number of ether oxygens (including phenoxy) is 1. The van der Waals surface area contributed by atoms with Crippen molar-refractivity contribution in [3.63, 3.8) is 0 Å². The van der Waals surface area contributed by atoms with Crippen molar-refractivity contribution in [3.8, 4) is 0 Å². The van der Waals surface area contributed by atoms with Crippen LogP contribution in [0.15, 0.2) is 16.7 Å². The van der Waals surface area contributed by atoms with Crippen LogP contribution >= 0.6 is 15.9 Å². The highest BCUT2D eigenvalue weighted by atomic mass is 79.9. The van der Waals surface area contributed by atoms with Gasteiger partial charge in [-0.05, 0) is 22.0 Å². The number of methoxy groups -OCH3 is 1. The monoisotopic (exact) mass is 304 g/mol. The SMILES string of the molecule is COC(=O)C(CO)NC(=O)c1cc(Br)cn1C. The lowest BCUT2D eigenvalue weighted by Gasteiger charge is -2.13. The highest BCUT2D eigenvalue weighted by molar-refractivity contribution is 9.10. The minimum atomic E-state index is -1.05. The standard InChI is InChI=1S/C10H13BrN2O4/c1-13-4-6(11)3-8(13)9(15)12-7(5-14)10(16)17-2/h3-4,7,14H,5H2,1-2H3,(H,12,15). The van der Waals surface area contributed by atoms with E-state index < -0.39 is 24.5 Å². The van der Waals surface area contributed by atoms with E-state index in [9.17, 15) is 9.59 Å². The van der Waals surface area contributed by atoms with Crippen LogP contribution in [-0.4, -0.2) is 41.3 Å². The molecule has 0 aliphatic carbocycles. The quantitative estimate of drug-likeness (QED) is 0.770. The normalized spacial score (nSPS) is 12.0. The summed E-state index contributed by atoms with van der Waals surface area (Å²) in [6, 6.07) is 0.558. The molecular weight excluding hydrogens is 292 g/mol. The van der Waals surface area contributed by atoms with Crippen molar-refractivity contribution in [3.05, 3.63) is 22.4 Å². The average Bonchev–Trinajstić information content (AvgIpc) is 2.64. The number of amides is 1. The molecule has 1 aromatic heterocycles. The van der Waals surface area contributed by atoms with Crippen molar-refractivity contribution in [2.24, 2.45) is 7.05 Å². The molecule has 0 saturated carbocycles. The van der Waals surface area contributed by atoms with E-state index >= 15 is 0 Å². The smallest absolute Gasteiger partial charge is 0.330 e. The summed E-state index contributed by atoms with van der Waals surface area (Å²) in [5, 5.41) is 11.3. The zero-order valence-electron chi connectivity index (χ0n) is 9.44. The van der Waals surface area contributed by atoms with Gasteiger partial charge in [0.15, 0.2) is 6.04 Å². The molecule has 1 amide bonds. The van der Waals surface area contributed by atoms with Gasteiger partial charge >= 0.3 is 5.97 Å². The van der Waals surface area contributed by atoms with Gasteiger partial charge in [0, 0.05) is 17.7 Å². The highest BCUT2D eigenvalue weighted by Crippen LogP contribution is 2.13. The summed E-state index contributed by atoms with van der Waals surface area (Å²) in [7, 11) is 2.89. The van der Waals surface area contributed by atoms with Gasteiger partial charge in [0.05, 0.1) is 13.7 Å². The highest BCUT2D eigenvalue weighted by Gasteiger charge is 2.22. The molecule has 7 heteroatoms. The average molecular weight is 305 g/mol. The largest absolute Gasteiger partial charge is 0.467 e. The van der Waals surface area contributed by atoms with Gasteiger partial charge in [-0.15, -0.1) is 0 Å². The topological polar surface area (TPSA) is 80.6 Å². The van der Waals surface area contributed by atoms with E-state index in [1.165, 1.54) is 7.11 Å². The van der Waals surface area contributed by atoms with Crippen LogP contribution in [0.1, 0.15) is 10.5 Å². The van der Waals surface area contributed by atoms with Crippen molar-refractivity contribution in [2.75, 3.05) is 13.7 Å². The third-order valence-electron chi connectivity index (χ3n) is 2.18. The third-order valence-corrected chi connectivity index (χ3v) is 2.61. The maximum absolute atomic E-state index is 11.8. The molecule has 0 fully saturated rings. The summed E-state index contributed by atoms with van der Waals surface area (Å²) in [6.07, 6.45) is 1.71. The Kier molecular flexibility index (Phi) is 4.71. The first kappa shape index (κ1) is 13.7. The summed E-state index contributed by atoms with van der Waals surface area (Å²) >= 11 is 3.24. The van der Waals surface area contributed by atoms with Gasteiger partial charge in [-0.1, -0.05) is 0 Å². The predicted molar refractivity (Wildman–Crippen MR) is 63.5 cm³/mol. The van der Waals surface area contributed by atoms with E-state index in [0.29, 0.717) is 5.69 Å². The van der Waals surface area contributed by atoms with Gasteiger partial charge in [-0.3, -0.25) is 4.79 Å². The van der Waals surface area contributed by atoms with E-state index in [-0.39, 0.29) is 0 Å². The number of aryl methyl sites for hydroxylation is 1. The molecule has 6 nitrogen and oxygen atoms in total. The van der Waals surface area contributed by atoms with Crippen molar-refractivity contribution in [2.45, 2.75) is 6.04 Å². The molecule has 1 unspecified atom stereocenters. The first-order valence-electron chi connectivity index (χ1n) is 4.81. The number of halogens is 1. The van der Waals surface area contributed by atoms with Crippen LogP contribution in [0.25, 0.3) is 0 Å². The number of rotatable bonds is 4. The summed E-state index contributed by atoms with van der Waals surface area (Å²) in [6.45, 7) is -0.510. The van der Waals surface area contributed by atoms with Crippen molar-refractivity contribution >= 4 is 27.8 Å². The van der Waals surface area contributed by atoms with Crippen LogP contribution in [-0.2, 0) is 16.6 Å². The molecule has 0 aliphatic rings. The lowest BCUT2D eigenvalue weighted by Crippen LogP contribution is -2.44. The van der Waals surface area contributed by atoms with Gasteiger partial charge in [-0.2, -0.15) is 0 Å². The fourth-order valence-electron chi connectivity index (χ4n) is 1.30. The number of hydrogen-bond donors (Lipinski definition) is 2. The molecule has 1 heterocycles. The van der Waals surface area contributed by atoms with Crippen molar-refractivity contribution in [1.29, 1.82) is 0 Å². The Morgan fingerprint density at radius 3 is 2.71 bits per heavy atom. The maximum atomic E-state index is 11.8. The molecule has 0 aromatic carbocycles. The molecule has 0 saturated heterocycles. The second-order valence-electron chi connectivity index (χ2n) is 3.39. The second kappa shape index (κ2) is 5.83. The maximum Gasteiger partial charge on any atom is 0.330 e. The number of carbonyl (C=O) groups is 2. The number of aliphatic hydroxyl groups is 1. The summed E-state index contributed by atoms with van der Waals surface area (Å²) in [4.78, 5) is 23.0. The van der Waals surface area contributed by atoms with Crippen LogP contribution in [0.2, 0.25) is 0 Å². The van der Waals surface area contributed by atoms with Crippen LogP contribution in [0.3, 0.4) is 0 Å². The molecule has 2 N–H and O–H groups in total. The molecule has 94 valence electrons. The number of aromatic nitrogens is 1. The molecule has 1 aromatic rings. The van der Waals surface area contributed by atoms with E-state index in [1.807, 2.05) is 0 Å². The molecule has 1 atom stereocenters. The molecule has 0 bridgehead atoms. The summed E-state index contributed by atoms with van der Waals surface area (Å²) in [5.41, 5.74) is 0.374. The van der Waals surface area contributed by atoms with Crippen LogP contribution < -0.4 is 5.32 Å².